The highest BCUT2D eigenvalue weighted by atomic mass is 32.1. The number of thiophene rings is 1. The molecular weight excluding hydrogens is 480 g/mol. The van der Waals surface area contributed by atoms with Crippen LogP contribution in [0, 0.1) is 0 Å². The third-order valence-electron chi connectivity index (χ3n) is 7.44. The van der Waals surface area contributed by atoms with Gasteiger partial charge in [-0.1, -0.05) is 55.8 Å². The van der Waals surface area contributed by atoms with Crippen LogP contribution in [0.4, 0.5) is 11.6 Å². The van der Waals surface area contributed by atoms with Crippen molar-refractivity contribution in [1.82, 2.24) is 20.3 Å². The molecular formula is C29H32N6OS. The molecule has 6 rings (SSSR count). The van der Waals surface area contributed by atoms with Crippen molar-refractivity contribution in [3.05, 3.63) is 66.0 Å². The Morgan fingerprint density at radius 3 is 2.78 bits per heavy atom. The van der Waals surface area contributed by atoms with Crippen molar-refractivity contribution in [3.8, 4) is 0 Å². The molecule has 190 valence electrons. The van der Waals surface area contributed by atoms with E-state index in [9.17, 15) is 5.11 Å². The van der Waals surface area contributed by atoms with Crippen LogP contribution in [0.15, 0.2) is 54.9 Å². The summed E-state index contributed by atoms with van der Waals surface area (Å²) in [6.07, 6.45) is 4.86. The fraction of sp³-hybridized carbons (Fsp3) is 0.345. The van der Waals surface area contributed by atoms with Crippen molar-refractivity contribution in [2.75, 3.05) is 30.3 Å². The number of hydrogen-bond donors (Lipinski definition) is 3. The van der Waals surface area contributed by atoms with Crippen molar-refractivity contribution in [3.63, 3.8) is 0 Å². The number of aryl methyl sites for hydroxylation is 1. The second-order valence-electron chi connectivity index (χ2n) is 9.83. The molecule has 3 aromatic heterocycles. The Hall–Kier alpha value is -3.33. The fourth-order valence-electron chi connectivity index (χ4n) is 5.63. The average Bonchev–Trinajstić information content (AvgIpc) is 3.32. The number of anilines is 2. The summed E-state index contributed by atoms with van der Waals surface area (Å²) in [5, 5.41) is 18.4. The van der Waals surface area contributed by atoms with Crippen LogP contribution in [0.3, 0.4) is 0 Å². The third-order valence-corrected chi connectivity index (χ3v) is 8.53. The number of nitrogens with one attached hydrogen (secondary N) is 1. The van der Waals surface area contributed by atoms with E-state index in [2.05, 4.69) is 51.4 Å². The molecule has 1 aliphatic heterocycles. The average molecular weight is 513 g/mol. The Labute approximate surface area is 220 Å². The van der Waals surface area contributed by atoms with Crippen LogP contribution in [-0.4, -0.2) is 45.7 Å². The van der Waals surface area contributed by atoms with Gasteiger partial charge >= 0.3 is 0 Å². The predicted molar refractivity (Wildman–Crippen MR) is 153 cm³/mol. The number of pyridine rings is 1. The van der Waals surface area contributed by atoms with Gasteiger partial charge in [0.1, 0.15) is 22.8 Å². The predicted octanol–water partition coefficient (Wildman–Crippen LogP) is 5.22. The molecule has 5 aromatic rings. The molecule has 1 unspecified atom stereocenters. The number of aromatic nitrogens is 3. The zero-order chi connectivity index (χ0) is 25.4. The molecule has 1 fully saturated rings. The maximum Gasteiger partial charge on any atom is 0.144 e. The van der Waals surface area contributed by atoms with E-state index >= 15 is 0 Å². The molecule has 0 bridgehead atoms. The summed E-state index contributed by atoms with van der Waals surface area (Å²) in [5.41, 5.74) is 9.29. The third kappa shape index (κ3) is 4.50. The van der Waals surface area contributed by atoms with E-state index in [0.29, 0.717) is 18.4 Å². The smallest absolute Gasteiger partial charge is 0.144 e. The second kappa shape index (κ2) is 10.2. The van der Waals surface area contributed by atoms with E-state index in [0.717, 1.165) is 81.4 Å². The first-order valence-electron chi connectivity index (χ1n) is 13.1. The van der Waals surface area contributed by atoms with Crippen LogP contribution in [0.1, 0.15) is 43.4 Å². The lowest BCUT2D eigenvalue weighted by Gasteiger charge is -2.37. The van der Waals surface area contributed by atoms with Crippen molar-refractivity contribution < 1.29 is 5.11 Å². The van der Waals surface area contributed by atoms with Crippen LogP contribution >= 0.6 is 11.3 Å². The van der Waals surface area contributed by atoms with Gasteiger partial charge in [-0.25, -0.2) is 15.0 Å². The minimum atomic E-state index is -0.642. The van der Waals surface area contributed by atoms with E-state index in [1.54, 1.807) is 11.3 Å². The maximum atomic E-state index is 11.6. The van der Waals surface area contributed by atoms with Gasteiger partial charge in [0.05, 0.1) is 16.3 Å². The highest BCUT2D eigenvalue weighted by molar-refractivity contribution is 7.26. The van der Waals surface area contributed by atoms with Gasteiger partial charge in [-0.2, -0.15) is 0 Å². The van der Waals surface area contributed by atoms with Crippen LogP contribution in [-0.2, 0) is 6.42 Å². The fourth-order valence-corrected chi connectivity index (χ4v) is 6.71. The summed E-state index contributed by atoms with van der Waals surface area (Å²) in [4.78, 5) is 17.2. The second-order valence-corrected chi connectivity index (χ2v) is 10.8. The molecule has 0 amide bonds. The summed E-state index contributed by atoms with van der Waals surface area (Å²) in [6.45, 7) is 4.60. The number of benzene rings is 2. The SMILES string of the molecule is CCCc1cc(N(CC(O)c2cccc3ccccc23)C2CCNCC2)nc2sc3c(N)ncnc3c12. The zero-order valence-corrected chi connectivity index (χ0v) is 21.8. The van der Waals surface area contributed by atoms with Crippen molar-refractivity contribution in [2.24, 2.45) is 0 Å². The van der Waals surface area contributed by atoms with Crippen LogP contribution in [0.5, 0.6) is 0 Å². The van der Waals surface area contributed by atoms with Gasteiger partial charge in [0.2, 0.25) is 0 Å². The quantitative estimate of drug-likeness (QED) is 0.275. The summed E-state index contributed by atoms with van der Waals surface area (Å²) >= 11 is 1.56. The lowest BCUT2D eigenvalue weighted by atomic mass is 9.98. The first-order valence-corrected chi connectivity index (χ1v) is 13.9. The molecule has 0 saturated carbocycles. The Morgan fingerprint density at radius 1 is 1.14 bits per heavy atom. The Morgan fingerprint density at radius 2 is 1.95 bits per heavy atom. The number of aliphatic hydroxyl groups is 1. The maximum absolute atomic E-state index is 11.6. The molecule has 37 heavy (non-hydrogen) atoms. The Kier molecular flexibility index (Phi) is 6.63. The van der Waals surface area contributed by atoms with E-state index in [4.69, 9.17) is 10.7 Å². The van der Waals surface area contributed by atoms with Crippen molar-refractivity contribution in [1.29, 1.82) is 0 Å². The van der Waals surface area contributed by atoms with Gasteiger partial charge in [-0.05, 0) is 60.3 Å². The number of aliphatic hydroxyl groups excluding tert-OH is 1. The standard InChI is InChI=1S/C29H32N6OS/c1-2-6-19-15-24(34-29-25(19)26-27(37-29)28(30)33-17-32-26)35(20-11-13-31-14-12-20)16-23(36)22-10-5-8-18-7-3-4-9-21(18)22/h3-5,7-10,15,17,20,23,31,36H,2,6,11-14,16H2,1H3,(H2,30,32,33). The molecule has 1 saturated heterocycles. The first kappa shape index (κ1) is 24.0. The minimum absolute atomic E-state index is 0.296. The molecule has 4 N–H and O–H groups in total. The number of piperidine rings is 1. The summed E-state index contributed by atoms with van der Waals surface area (Å²) in [5.74, 6) is 1.42. The van der Waals surface area contributed by atoms with Gasteiger partial charge in [-0.15, -0.1) is 11.3 Å². The Bertz CT molecular complexity index is 1560. The van der Waals surface area contributed by atoms with E-state index in [1.165, 1.54) is 11.9 Å². The normalized spacial score (nSPS) is 15.5. The minimum Gasteiger partial charge on any atom is -0.387 e. The van der Waals surface area contributed by atoms with Crippen LogP contribution in [0.25, 0.3) is 31.2 Å². The highest BCUT2D eigenvalue weighted by Crippen LogP contribution is 2.39. The number of fused-ring (bicyclic) bond motifs is 4. The summed E-state index contributed by atoms with van der Waals surface area (Å²) < 4.78 is 0.892. The molecule has 7 nitrogen and oxygen atoms in total. The van der Waals surface area contributed by atoms with Crippen LogP contribution < -0.4 is 16.0 Å². The van der Waals surface area contributed by atoms with Crippen LogP contribution in [0.2, 0.25) is 0 Å². The first-order chi connectivity index (χ1) is 18.1. The molecule has 0 radical (unpaired) electrons. The van der Waals surface area contributed by atoms with Gasteiger partial charge in [-0.3, -0.25) is 0 Å². The monoisotopic (exact) mass is 512 g/mol. The largest absolute Gasteiger partial charge is 0.387 e. The van der Waals surface area contributed by atoms with E-state index in [1.807, 2.05) is 24.3 Å². The zero-order valence-electron chi connectivity index (χ0n) is 21.0. The molecule has 0 aliphatic carbocycles. The number of rotatable bonds is 7. The van der Waals surface area contributed by atoms with Crippen molar-refractivity contribution in [2.45, 2.75) is 44.8 Å². The van der Waals surface area contributed by atoms with E-state index in [-0.39, 0.29) is 0 Å². The molecule has 0 spiro atoms. The van der Waals surface area contributed by atoms with Gasteiger partial charge in [0, 0.05) is 18.0 Å². The lowest BCUT2D eigenvalue weighted by Crippen LogP contribution is -2.45. The topological polar surface area (TPSA) is 100 Å². The number of nitrogens with two attached hydrogens (primary N) is 1. The molecule has 2 aromatic carbocycles. The molecule has 1 aliphatic rings. The van der Waals surface area contributed by atoms with Gasteiger partial charge in [0.15, 0.2) is 0 Å². The number of nitrogens with zero attached hydrogens (tertiary/aromatic N) is 4. The molecule has 1 atom stereocenters. The van der Waals surface area contributed by atoms with E-state index < -0.39 is 6.10 Å². The van der Waals surface area contributed by atoms with Gasteiger partial charge < -0.3 is 21.1 Å². The van der Waals surface area contributed by atoms with Crippen molar-refractivity contribution >= 4 is 54.2 Å². The summed E-state index contributed by atoms with van der Waals surface area (Å²) in [6, 6.07) is 16.9. The summed E-state index contributed by atoms with van der Waals surface area (Å²) in [7, 11) is 0. The highest BCUT2D eigenvalue weighted by Gasteiger charge is 2.27. The Balaban J connectivity index is 1.46. The van der Waals surface area contributed by atoms with Gasteiger partial charge in [0.25, 0.3) is 0 Å². The molecule has 8 heteroatoms. The molecule has 4 heterocycles. The number of hydrogen-bond acceptors (Lipinski definition) is 8. The lowest BCUT2D eigenvalue weighted by molar-refractivity contribution is 0.179. The number of nitrogen functional groups attached to an aromatic ring is 1.